The number of hydrogen-bond donors (Lipinski definition) is 2. The lowest BCUT2D eigenvalue weighted by molar-refractivity contribution is -0.121. The number of nitrogens with one attached hydrogen (secondary N) is 2. The van der Waals surface area contributed by atoms with Crippen molar-refractivity contribution in [3.8, 4) is 0 Å². The molecule has 2 aromatic rings. The Morgan fingerprint density at radius 3 is 3.00 bits per heavy atom. The van der Waals surface area contributed by atoms with Crippen LogP contribution >= 0.6 is 12.4 Å². The van der Waals surface area contributed by atoms with Gasteiger partial charge in [0, 0.05) is 25.6 Å². The maximum absolute atomic E-state index is 12.3. The maximum atomic E-state index is 12.3. The van der Waals surface area contributed by atoms with E-state index in [9.17, 15) is 9.59 Å². The van der Waals surface area contributed by atoms with Crippen LogP contribution in [0.1, 0.15) is 19.3 Å². The van der Waals surface area contributed by atoms with Gasteiger partial charge in [0.15, 0.2) is 0 Å². The van der Waals surface area contributed by atoms with Gasteiger partial charge in [-0.3, -0.25) is 14.2 Å². The van der Waals surface area contributed by atoms with Crippen molar-refractivity contribution in [2.75, 3.05) is 13.1 Å². The number of nitrogens with zero attached hydrogens (tertiary/aromatic N) is 2. The largest absolute Gasteiger partial charge is 0.354 e. The van der Waals surface area contributed by atoms with Gasteiger partial charge in [-0.2, -0.15) is 0 Å². The van der Waals surface area contributed by atoms with Gasteiger partial charge in [0.1, 0.15) is 0 Å². The minimum Gasteiger partial charge on any atom is -0.354 e. The minimum atomic E-state index is -0.101. The molecule has 6 nitrogen and oxygen atoms in total. The van der Waals surface area contributed by atoms with Crippen LogP contribution in [0, 0.1) is 0 Å². The van der Waals surface area contributed by atoms with Crippen LogP contribution in [-0.2, 0) is 11.3 Å². The molecule has 0 radical (unpaired) electrons. The molecule has 0 spiro atoms. The summed E-state index contributed by atoms with van der Waals surface area (Å²) in [4.78, 5) is 28.4. The van der Waals surface area contributed by atoms with Crippen LogP contribution in [-0.4, -0.2) is 34.6 Å². The van der Waals surface area contributed by atoms with Gasteiger partial charge in [-0.1, -0.05) is 12.1 Å². The van der Waals surface area contributed by atoms with E-state index < -0.39 is 0 Å². The van der Waals surface area contributed by atoms with Crippen LogP contribution in [0.15, 0.2) is 35.4 Å². The number of amides is 1. The van der Waals surface area contributed by atoms with Gasteiger partial charge in [0.05, 0.1) is 17.2 Å². The number of aryl methyl sites for hydroxylation is 1. The molecular formula is C16H21ClN4O2. The van der Waals surface area contributed by atoms with Crippen molar-refractivity contribution >= 4 is 29.2 Å². The van der Waals surface area contributed by atoms with E-state index in [1.165, 1.54) is 17.3 Å². The molecule has 1 fully saturated rings. The molecule has 2 heterocycles. The van der Waals surface area contributed by atoms with Gasteiger partial charge in [-0.05, 0) is 31.5 Å². The molecule has 124 valence electrons. The third kappa shape index (κ3) is 4.30. The van der Waals surface area contributed by atoms with E-state index in [4.69, 9.17) is 0 Å². The maximum Gasteiger partial charge on any atom is 0.261 e. The van der Waals surface area contributed by atoms with E-state index in [2.05, 4.69) is 15.6 Å². The fourth-order valence-electron chi connectivity index (χ4n) is 2.74. The molecular weight excluding hydrogens is 316 g/mol. The Morgan fingerprint density at radius 2 is 2.22 bits per heavy atom. The summed E-state index contributed by atoms with van der Waals surface area (Å²) in [6.07, 6.45) is 4.07. The first-order valence-corrected chi connectivity index (χ1v) is 7.68. The molecule has 1 unspecified atom stereocenters. The fourth-order valence-corrected chi connectivity index (χ4v) is 2.74. The van der Waals surface area contributed by atoms with E-state index in [1.807, 2.05) is 18.2 Å². The average molecular weight is 337 g/mol. The van der Waals surface area contributed by atoms with E-state index in [1.54, 1.807) is 6.07 Å². The van der Waals surface area contributed by atoms with E-state index in [-0.39, 0.29) is 30.3 Å². The molecule has 1 aliphatic heterocycles. The highest BCUT2D eigenvalue weighted by atomic mass is 35.5. The fraction of sp³-hybridized carbons (Fsp3) is 0.438. The average Bonchev–Trinajstić information content (AvgIpc) is 3.06. The Morgan fingerprint density at radius 1 is 1.39 bits per heavy atom. The number of aromatic nitrogens is 2. The third-order valence-corrected chi connectivity index (χ3v) is 4.02. The van der Waals surface area contributed by atoms with Crippen LogP contribution in [0.25, 0.3) is 10.9 Å². The van der Waals surface area contributed by atoms with Gasteiger partial charge in [-0.15, -0.1) is 12.4 Å². The molecule has 1 saturated heterocycles. The lowest BCUT2D eigenvalue weighted by Crippen LogP contribution is -2.37. The van der Waals surface area contributed by atoms with E-state index in [0.717, 1.165) is 13.0 Å². The second-order valence-corrected chi connectivity index (χ2v) is 5.61. The van der Waals surface area contributed by atoms with Gasteiger partial charge in [0.25, 0.3) is 5.56 Å². The number of rotatable bonds is 5. The van der Waals surface area contributed by atoms with Crippen molar-refractivity contribution in [2.24, 2.45) is 0 Å². The first-order valence-electron chi connectivity index (χ1n) is 7.68. The Kier molecular flexibility index (Phi) is 6.12. The summed E-state index contributed by atoms with van der Waals surface area (Å²) >= 11 is 0. The molecule has 7 heteroatoms. The van der Waals surface area contributed by atoms with Crippen LogP contribution in [0.2, 0.25) is 0 Å². The highest BCUT2D eigenvalue weighted by Gasteiger charge is 2.14. The van der Waals surface area contributed by atoms with Crippen LogP contribution in [0.4, 0.5) is 0 Å². The Hall–Kier alpha value is -1.92. The van der Waals surface area contributed by atoms with Gasteiger partial charge in [0.2, 0.25) is 5.91 Å². The summed E-state index contributed by atoms with van der Waals surface area (Å²) in [6.45, 7) is 2.03. The highest BCUT2D eigenvalue weighted by molar-refractivity contribution is 5.85. The summed E-state index contributed by atoms with van der Waals surface area (Å²) in [6, 6.07) is 7.62. The highest BCUT2D eigenvalue weighted by Crippen LogP contribution is 2.05. The standard InChI is InChI=1S/C16H20N4O2.ClH/c21-15(18-10-12-4-3-8-17-12)7-9-20-11-19-14-6-2-1-5-13(14)16(20)22;/h1-2,5-6,11-12,17H,3-4,7-10H2,(H,18,21);1H. The molecule has 1 aromatic carbocycles. The van der Waals surface area contributed by atoms with Gasteiger partial charge >= 0.3 is 0 Å². The molecule has 0 saturated carbocycles. The third-order valence-electron chi connectivity index (χ3n) is 4.02. The molecule has 2 N–H and O–H groups in total. The monoisotopic (exact) mass is 336 g/mol. The summed E-state index contributed by atoms with van der Waals surface area (Å²) in [5.41, 5.74) is 0.580. The molecule has 1 aliphatic rings. The lowest BCUT2D eigenvalue weighted by Gasteiger charge is -2.12. The summed E-state index contributed by atoms with van der Waals surface area (Å²) in [7, 11) is 0. The van der Waals surface area contributed by atoms with Crippen molar-refractivity contribution in [3.63, 3.8) is 0 Å². The quantitative estimate of drug-likeness (QED) is 0.856. The van der Waals surface area contributed by atoms with Gasteiger partial charge in [-0.25, -0.2) is 4.98 Å². The normalized spacial score (nSPS) is 17.0. The van der Waals surface area contributed by atoms with Crippen molar-refractivity contribution in [1.82, 2.24) is 20.2 Å². The number of benzene rings is 1. The SMILES string of the molecule is Cl.O=C(CCn1cnc2ccccc2c1=O)NCC1CCCN1. The summed E-state index contributed by atoms with van der Waals surface area (Å²) in [5, 5.41) is 6.83. The zero-order valence-electron chi connectivity index (χ0n) is 12.8. The first kappa shape index (κ1) is 17.4. The second-order valence-electron chi connectivity index (χ2n) is 5.61. The van der Waals surface area contributed by atoms with Crippen LogP contribution in [0.3, 0.4) is 0 Å². The Labute approximate surface area is 140 Å². The molecule has 1 aromatic heterocycles. The number of carbonyl (C=O) groups excluding carboxylic acids is 1. The lowest BCUT2D eigenvalue weighted by atomic mass is 10.2. The molecule has 23 heavy (non-hydrogen) atoms. The number of fused-ring (bicyclic) bond motifs is 1. The number of halogens is 1. The summed E-state index contributed by atoms with van der Waals surface area (Å²) < 4.78 is 1.50. The van der Waals surface area contributed by atoms with Crippen molar-refractivity contribution < 1.29 is 4.79 Å². The topological polar surface area (TPSA) is 76.0 Å². The molecule has 3 rings (SSSR count). The predicted molar refractivity (Wildman–Crippen MR) is 91.9 cm³/mol. The van der Waals surface area contributed by atoms with Crippen LogP contribution < -0.4 is 16.2 Å². The molecule has 0 aliphatic carbocycles. The number of carbonyl (C=O) groups is 1. The summed E-state index contributed by atoms with van der Waals surface area (Å²) in [5.74, 6) is -0.0336. The molecule has 0 bridgehead atoms. The zero-order valence-corrected chi connectivity index (χ0v) is 13.6. The molecule has 1 atom stereocenters. The zero-order chi connectivity index (χ0) is 15.4. The van der Waals surface area contributed by atoms with Crippen LogP contribution in [0.5, 0.6) is 0 Å². The minimum absolute atomic E-state index is 0. The van der Waals surface area contributed by atoms with E-state index >= 15 is 0 Å². The van der Waals surface area contributed by atoms with E-state index in [0.29, 0.717) is 30.0 Å². The first-order chi connectivity index (χ1) is 10.7. The van der Waals surface area contributed by atoms with Crippen molar-refractivity contribution in [2.45, 2.75) is 31.8 Å². The number of para-hydroxylation sites is 1. The second kappa shape index (κ2) is 8.08. The van der Waals surface area contributed by atoms with Crippen molar-refractivity contribution in [1.29, 1.82) is 0 Å². The Bertz CT molecular complexity index is 725. The predicted octanol–water partition coefficient (Wildman–Crippen LogP) is 1.08. The molecule has 1 amide bonds. The number of hydrogen-bond acceptors (Lipinski definition) is 4. The Balaban J connectivity index is 0.00000192. The van der Waals surface area contributed by atoms with Crippen molar-refractivity contribution in [3.05, 3.63) is 40.9 Å². The smallest absolute Gasteiger partial charge is 0.261 e. The van der Waals surface area contributed by atoms with Gasteiger partial charge < -0.3 is 10.6 Å².